The summed E-state index contributed by atoms with van der Waals surface area (Å²) in [5.74, 6) is 0. The Morgan fingerprint density at radius 3 is 2.87 bits per heavy atom. The van der Waals surface area contributed by atoms with Crippen molar-refractivity contribution in [2.24, 2.45) is 0 Å². The normalized spacial score (nSPS) is 10.6. The Kier molecular flexibility index (Phi) is 2.65. The van der Waals surface area contributed by atoms with E-state index in [1.165, 1.54) is 18.4 Å². The van der Waals surface area contributed by atoms with E-state index in [2.05, 4.69) is 0 Å². The smallest absolute Gasteiger partial charge is 0.213 e. The van der Waals surface area contributed by atoms with Crippen LogP contribution in [0.25, 0.3) is 10.1 Å². The van der Waals surface area contributed by atoms with E-state index in [-0.39, 0.29) is 11.1 Å². The van der Waals surface area contributed by atoms with Gasteiger partial charge >= 0.3 is 0 Å². The summed E-state index contributed by atoms with van der Waals surface area (Å²) in [5.41, 5.74) is 0.0472. The molecule has 15 heavy (non-hydrogen) atoms. The van der Waals surface area contributed by atoms with Gasteiger partial charge in [-0.3, -0.25) is 15.1 Å². The zero-order valence-corrected chi connectivity index (χ0v) is 9.47. The van der Waals surface area contributed by atoms with Crippen molar-refractivity contribution in [2.45, 2.75) is 0 Å². The molecular formula is C10H8ClNO2S. The van der Waals surface area contributed by atoms with Crippen molar-refractivity contribution in [1.29, 1.82) is 0 Å². The number of benzene rings is 1. The van der Waals surface area contributed by atoms with Crippen molar-refractivity contribution < 1.29 is 5.21 Å². The summed E-state index contributed by atoms with van der Waals surface area (Å²) in [4.78, 5) is 11.9. The van der Waals surface area contributed by atoms with Crippen LogP contribution >= 0.6 is 22.9 Å². The quantitative estimate of drug-likeness (QED) is 0.781. The highest BCUT2D eigenvalue weighted by Gasteiger charge is 2.07. The molecule has 3 nitrogen and oxygen atoms in total. The molecule has 2 aromatic rings. The lowest BCUT2D eigenvalue weighted by Crippen LogP contribution is -2.18. The van der Waals surface area contributed by atoms with Crippen LogP contribution in [-0.2, 0) is 0 Å². The molecule has 0 aliphatic carbocycles. The third-order valence-corrected chi connectivity index (χ3v) is 3.25. The Bertz CT molecular complexity index is 565. The molecule has 1 heterocycles. The molecule has 0 unspecified atom stereocenters. The van der Waals surface area contributed by atoms with Crippen LogP contribution in [0.3, 0.4) is 0 Å². The first-order valence-corrected chi connectivity index (χ1v) is 5.49. The van der Waals surface area contributed by atoms with Gasteiger partial charge in [-0.05, 0) is 18.2 Å². The molecule has 0 saturated heterocycles. The SMILES string of the molecule is CN(O)c1csc2ccc(Cl)cc2c1=O. The van der Waals surface area contributed by atoms with Gasteiger partial charge in [0.1, 0.15) is 5.69 Å². The largest absolute Gasteiger partial charge is 0.289 e. The highest BCUT2D eigenvalue weighted by molar-refractivity contribution is 7.16. The van der Waals surface area contributed by atoms with Crippen molar-refractivity contribution in [3.63, 3.8) is 0 Å². The number of nitrogens with zero attached hydrogens (tertiary/aromatic N) is 1. The van der Waals surface area contributed by atoms with E-state index in [9.17, 15) is 10.0 Å². The monoisotopic (exact) mass is 241 g/mol. The lowest BCUT2D eigenvalue weighted by molar-refractivity contribution is 0.279. The van der Waals surface area contributed by atoms with Crippen LogP contribution in [0, 0.1) is 0 Å². The van der Waals surface area contributed by atoms with Crippen LogP contribution in [0.15, 0.2) is 28.4 Å². The number of anilines is 1. The molecule has 0 fully saturated rings. The second-order valence-electron chi connectivity index (χ2n) is 3.11. The van der Waals surface area contributed by atoms with Crippen LogP contribution in [0.4, 0.5) is 5.69 Å². The van der Waals surface area contributed by atoms with Crippen LogP contribution < -0.4 is 10.5 Å². The average Bonchev–Trinajstić information content (AvgIpc) is 2.19. The standard InChI is InChI=1S/C10H8ClNO2S/c1-12(14)8-5-15-9-3-2-6(11)4-7(9)10(8)13/h2-5,14H,1H3. The molecule has 0 aliphatic rings. The molecule has 0 aliphatic heterocycles. The molecule has 0 bridgehead atoms. The number of hydrogen-bond donors (Lipinski definition) is 1. The maximum atomic E-state index is 11.9. The Labute approximate surface area is 95.1 Å². The fourth-order valence-corrected chi connectivity index (χ4v) is 2.41. The third kappa shape index (κ3) is 1.84. The summed E-state index contributed by atoms with van der Waals surface area (Å²) in [6.07, 6.45) is 0. The zero-order valence-electron chi connectivity index (χ0n) is 7.90. The molecule has 1 N–H and O–H groups in total. The first-order chi connectivity index (χ1) is 7.09. The van der Waals surface area contributed by atoms with Crippen LogP contribution in [0.1, 0.15) is 0 Å². The predicted molar refractivity (Wildman–Crippen MR) is 63.3 cm³/mol. The van der Waals surface area contributed by atoms with E-state index < -0.39 is 0 Å². The fraction of sp³-hybridized carbons (Fsp3) is 0.100. The van der Waals surface area contributed by atoms with E-state index in [1.54, 1.807) is 23.6 Å². The van der Waals surface area contributed by atoms with Crippen molar-refractivity contribution in [1.82, 2.24) is 0 Å². The Balaban J connectivity index is 2.83. The van der Waals surface area contributed by atoms with E-state index >= 15 is 0 Å². The number of hydrogen-bond acceptors (Lipinski definition) is 4. The van der Waals surface area contributed by atoms with Gasteiger partial charge in [-0.2, -0.15) is 0 Å². The minimum atomic E-state index is -0.212. The number of rotatable bonds is 1. The van der Waals surface area contributed by atoms with E-state index in [0.29, 0.717) is 10.4 Å². The number of fused-ring (bicyclic) bond motifs is 1. The number of halogens is 1. The Morgan fingerprint density at radius 1 is 1.47 bits per heavy atom. The van der Waals surface area contributed by atoms with Gasteiger partial charge < -0.3 is 0 Å². The molecule has 1 aromatic carbocycles. The highest BCUT2D eigenvalue weighted by Crippen LogP contribution is 2.23. The number of hydroxylamine groups is 1. The molecule has 1 aromatic heterocycles. The second kappa shape index (κ2) is 3.81. The van der Waals surface area contributed by atoms with Crippen LogP contribution in [0.2, 0.25) is 5.02 Å². The van der Waals surface area contributed by atoms with Gasteiger partial charge in [0.15, 0.2) is 0 Å². The fourth-order valence-electron chi connectivity index (χ4n) is 1.32. The van der Waals surface area contributed by atoms with Gasteiger partial charge in [0, 0.05) is 27.5 Å². The molecule has 0 saturated carbocycles. The van der Waals surface area contributed by atoms with Crippen molar-refractivity contribution in [3.05, 3.63) is 38.8 Å². The summed E-state index contributed by atoms with van der Waals surface area (Å²) in [7, 11) is 1.42. The lowest BCUT2D eigenvalue weighted by Gasteiger charge is -2.09. The minimum Gasteiger partial charge on any atom is -0.289 e. The van der Waals surface area contributed by atoms with Gasteiger partial charge in [0.25, 0.3) is 0 Å². The summed E-state index contributed by atoms with van der Waals surface area (Å²) in [6.45, 7) is 0. The van der Waals surface area contributed by atoms with Crippen LogP contribution in [0.5, 0.6) is 0 Å². The first kappa shape index (κ1) is 10.4. The van der Waals surface area contributed by atoms with Gasteiger partial charge in [-0.1, -0.05) is 11.6 Å². The third-order valence-electron chi connectivity index (χ3n) is 2.07. The molecule has 5 heteroatoms. The van der Waals surface area contributed by atoms with E-state index in [1.807, 2.05) is 0 Å². The highest BCUT2D eigenvalue weighted by atomic mass is 35.5. The van der Waals surface area contributed by atoms with Gasteiger partial charge in [0.05, 0.1) is 0 Å². The maximum absolute atomic E-state index is 11.9. The zero-order chi connectivity index (χ0) is 11.0. The van der Waals surface area contributed by atoms with Gasteiger partial charge in [0.2, 0.25) is 5.43 Å². The summed E-state index contributed by atoms with van der Waals surface area (Å²) in [5, 5.41) is 12.7. The molecular weight excluding hydrogens is 234 g/mol. The van der Waals surface area contributed by atoms with E-state index in [0.717, 1.165) is 9.76 Å². The Morgan fingerprint density at radius 2 is 2.20 bits per heavy atom. The van der Waals surface area contributed by atoms with Gasteiger partial charge in [-0.25, -0.2) is 0 Å². The lowest BCUT2D eigenvalue weighted by atomic mass is 10.2. The molecule has 2 rings (SSSR count). The van der Waals surface area contributed by atoms with Crippen molar-refractivity contribution >= 4 is 38.7 Å². The first-order valence-electron chi connectivity index (χ1n) is 4.23. The molecule has 0 atom stereocenters. The van der Waals surface area contributed by atoms with Gasteiger partial charge in [-0.15, -0.1) is 11.3 Å². The van der Waals surface area contributed by atoms with Crippen LogP contribution in [-0.4, -0.2) is 12.3 Å². The summed E-state index contributed by atoms with van der Waals surface area (Å²) in [6, 6.07) is 5.15. The maximum Gasteiger partial charge on any atom is 0.213 e. The molecule has 78 valence electrons. The van der Waals surface area contributed by atoms with E-state index in [4.69, 9.17) is 11.6 Å². The summed E-state index contributed by atoms with van der Waals surface area (Å²) < 4.78 is 0.856. The molecule has 0 amide bonds. The predicted octanol–water partition coefficient (Wildman–Crippen LogP) is 2.74. The molecule has 0 radical (unpaired) electrons. The van der Waals surface area contributed by atoms with Crippen molar-refractivity contribution in [3.8, 4) is 0 Å². The molecule has 0 spiro atoms. The Hall–Kier alpha value is -1.10. The second-order valence-corrected chi connectivity index (χ2v) is 4.46. The average molecular weight is 242 g/mol. The minimum absolute atomic E-state index is 0.212. The topological polar surface area (TPSA) is 40.5 Å². The summed E-state index contributed by atoms with van der Waals surface area (Å²) >= 11 is 7.21. The van der Waals surface area contributed by atoms with Crippen molar-refractivity contribution in [2.75, 3.05) is 12.1 Å².